The zero-order chi connectivity index (χ0) is 16.5. The molecule has 0 aliphatic heterocycles. The molecule has 8 fully saturated rings. The third kappa shape index (κ3) is 0.956. The molecule has 1 nitrogen and oxygen atoms in total. The molecule has 1 heteroatoms. The van der Waals surface area contributed by atoms with Crippen molar-refractivity contribution < 1.29 is 4.79 Å². The zero-order valence-corrected chi connectivity index (χ0v) is 14.7. The summed E-state index contributed by atoms with van der Waals surface area (Å²) in [5, 5.41) is 2.88. The Morgan fingerprint density at radius 3 is 1.85 bits per heavy atom. The Morgan fingerprint density at radius 1 is 0.615 bits per heavy atom. The summed E-state index contributed by atoms with van der Waals surface area (Å²) < 4.78 is 0. The van der Waals surface area contributed by atoms with Crippen LogP contribution in [0.2, 0.25) is 0 Å². The van der Waals surface area contributed by atoms with Crippen molar-refractivity contribution in [1.82, 2.24) is 0 Å². The first-order valence-corrected chi connectivity index (χ1v) is 10.9. The van der Waals surface area contributed by atoms with Gasteiger partial charge in [0.15, 0.2) is 0 Å². The fraction of sp³-hybridized carbons (Fsp3) is 0.560. The molecule has 0 amide bonds. The van der Waals surface area contributed by atoms with Gasteiger partial charge in [0.2, 0.25) is 0 Å². The lowest BCUT2D eigenvalue weighted by atomic mass is 9.80. The van der Waals surface area contributed by atoms with Crippen molar-refractivity contribution in [2.45, 2.75) is 6.42 Å². The van der Waals surface area contributed by atoms with E-state index in [9.17, 15) is 4.79 Å². The lowest BCUT2D eigenvalue weighted by molar-refractivity contribution is -0.122. The lowest BCUT2D eigenvalue weighted by Crippen LogP contribution is -2.21. The molecule has 2 aromatic carbocycles. The monoisotopic (exact) mass is 338 g/mol. The van der Waals surface area contributed by atoms with Gasteiger partial charge < -0.3 is 0 Å². The van der Waals surface area contributed by atoms with Gasteiger partial charge in [0, 0.05) is 11.8 Å². The minimum Gasteiger partial charge on any atom is -0.299 e. The minimum absolute atomic E-state index is 0.547. The molecule has 2 aromatic rings. The van der Waals surface area contributed by atoms with Gasteiger partial charge in [-0.3, -0.25) is 4.79 Å². The van der Waals surface area contributed by atoms with Crippen molar-refractivity contribution >= 4 is 16.6 Å². The molecular weight excluding hydrogens is 316 g/mol. The van der Waals surface area contributed by atoms with Crippen molar-refractivity contribution in [3.63, 3.8) is 0 Å². The van der Waals surface area contributed by atoms with Gasteiger partial charge in [-0.05, 0) is 87.9 Å². The highest BCUT2D eigenvalue weighted by Crippen LogP contribution is 2.93. The average molecular weight is 338 g/mol. The van der Waals surface area contributed by atoms with Crippen LogP contribution >= 0.6 is 0 Å². The largest absolute Gasteiger partial charge is 0.299 e. The summed E-state index contributed by atoms with van der Waals surface area (Å²) in [6, 6.07) is 15.9. The highest BCUT2D eigenvalue weighted by molar-refractivity contribution is 5.92. The number of carbonyl (C=O) groups excluding carboxylic acids is 1. The number of fused-ring (bicyclic) bond motifs is 1. The number of rotatable bonds is 2. The quantitative estimate of drug-likeness (QED) is 0.807. The summed E-state index contributed by atoms with van der Waals surface area (Å²) in [7, 11) is 0. The van der Waals surface area contributed by atoms with Gasteiger partial charge in [-0.2, -0.15) is 0 Å². The number of hydrogen-bond acceptors (Lipinski definition) is 1. The summed E-state index contributed by atoms with van der Waals surface area (Å²) in [5.41, 5.74) is 1.59. The van der Waals surface area contributed by atoms with Crippen LogP contribution in [0.4, 0.5) is 0 Å². The van der Waals surface area contributed by atoms with Gasteiger partial charge in [-0.25, -0.2) is 0 Å². The Kier molecular flexibility index (Phi) is 1.74. The van der Waals surface area contributed by atoms with E-state index in [0.717, 1.165) is 70.9 Å². The van der Waals surface area contributed by atoms with Crippen LogP contribution in [0.3, 0.4) is 0 Å². The predicted octanol–water partition coefficient (Wildman–Crippen LogP) is 4.06. The molecule has 8 aliphatic carbocycles. The second-order valence-electron chi connectivity index (χ2n) is 10.7. The molecule has 128 valence electrons. The van der Waals surface area contributed by atoms with Crippen molar-refractivity contribution in [1.29, 1.82) is 0 Å². The van der Waals surface area contributed by atoms with E-state index in [1.54, 1.807) is 5.56 Å². The summed E-state index contributed by atoms with van der Waals surface area (Å²) in [4.78, 5) is 12.9. The van der Waals surface area contributed by atoms with Crippen molar-refractivity contribution in [3.8, 4) is 0 Å². The molecule has 0 radical (unpaired) electrons. The number of ketones is 1. The third-order valence-corrected chi connectivity index (χ3v) is 11.0. The first-order valence-electron chi connectivity index (χ1n) is 10.9. The van der Waals surface area contributed by atoms with Crippen LogP contribution in [0.1, 0.15) is 5.56 Å². The summed E-state index contributed by atoms with van der Waals surface area (Å²) in [6.45, 7) is 0. The molecule has 4 bridgehead atoms. The summed E-state index contributed by atoms with van der Waals surface area (Å²) in [5.74, 6) is 12.0. The predicted molar refractivity (Wildman–Crippen MR) is 98.0 cm³/mol. The average Bonchev–Trinajstić information content (AvgIpc) is 3.42. The summed E-state index contributed by atoms with van der Waals surface area (Å²) >= 11 is 0. The molecule has 0 heterocycles. The fourth-order valence-electron chi connectivity index (χ4n) is 11.4. The van der Waals surface area contributed by atoms with Gasteiger partial charge in [-0.1, -0.05) is 42.5 Å². The molecule has 10 rings (SSSR count). The Balaban J connectivity index is 1.20. The normalized spacial score (nSPS) is 60.2. The Hall–Kier alpha value is -1.63. The Bertz CT molecular complexity index is 974. The minimum atomic E-state index is 0.547. The number of carbonyl (C=O) groups is 1. The highest BCUT2D eigenvalue weighted by atomic mass is 16.1. The number of Topliss-reactive ketones (excluding diaryl/α,β-unsaturated/α-hetero) is 1. The van der Waals surface area contributed by atoms with Gasteiger partial charge in [0.1, 0.15) is 5.78 Å². The van der Waals surface area contributed by atoms with Gasteiger partial charge in [0.25, 0.3) is 0 Å². The maximum absolute atomic E-state index is 12.9. The van der Waals surface area contributed by atoms with E-state index < -0.39 is 0 Å². The third-order valence-electron chi connectivity index (χ3n) is 11.0. The molecule has 0 N–H and O–H groups in total. The standard InChI is InChI=1S/C25H22O/c26-25-23-19-15-13-12(8-10-6-3-5-9-4-1-2-7-11(9)10)14-17(15)21(23)22-18(14)16(13)20(19)24(22)25/h1-7,12-24H,8H2. The first kappa shape index (κ1) is 12.7. The van der Waals surface area contributed by atoms with E-state index in [2.05, 4.69) is 42.5 Å². The fourth-order valence-corrected chi connectivity index (χ4v) is 11.4. The Morgan fingerprint density at radius 2 is 1.19 bits per heavy atom. The van der Waals surface area contributed by atoms with Crippen LogP contribution in [0.15, 0.2) is 42.5 Å². The van der Waals surface area contributed by atoms with E-state index >= 15 is 0 Å². The first-order chi connectivity index (χ1) is 12.9. The van der Waals surface area contributed by atoms with E-state index in [1.807, 2.05) is 0 Å². The van der Waals surface area contributed by atoms with Crippen LogP contribution < -0.4 is 0 Å². The smallest absolute Gasteiger partial charge is 0.140 e. The second kappa shape index (κ2) is 3.55. The van der Waals surface area contributed by atoms with Crippen molar-refractivity contribution in [3.05, 3.63) is 48.0 Å². The molecule has 8 aliphatic rings. The number of hydrogen-bond donors (Lipinski definition) is 0. The van der Waals surface area contributed by atoms with Crippen LogP contribution in [0.5, 0.6) is 0 Å². The van der Waals surface area contributed by atoms with Crippen molar-refractivity contribution in [2.75, 3.05) is 0 Å². The second-order valence-corrected chi connectivity index (χ2v) is 10.7. The molecule has 0 aromatic heterocycles. The van der Waals surface area contributed by atoms with Crippen molar-refractivity contribution in [2.24, 2.45) is 76.9 Å². The highest BCUT2D eigenvalue weighted by Gasteiger charge is 2.92. The lowest BCUT2D eigenvalue weighted by Gasteiger charge is -2.24. The van der Waals surface area contributed by atoms with E-state index in [-0.39, 0.29) is 0 Å². The van der Waals surface area contributed by atoms with Crippen LogP contribution in [-0.2, 0) is 11.2 Å². The van der Waals surface area contributed by atoms with E-state index in [4.69, 9.17) is 0 Å². The molecule has 8 atom stereocenters. The van der Waals surface area contributed by atoms with Gasteiger partial charge >= 0.3 is 0 Å². The molecule has 26 heavy (non-hydrogen) atoms. The maximum Gasteiger partial charge on any atom is 0.140 e. The van der Waals surface area contributed by atoms with Crippen LogP contribution in [0.25, 0.3) is 10.8 Å². The molecule has 0 saturated heterocycles. The molecule has 0 spiro atoms. The Labute approximate surface area is 153 Å². The zero-order valence-electron chi connectivity index (χ0n) is 14.7. The van der Waals surface area contributed by atoms with Crippen LogP contribution in [-0.4, -0.2) is 5.78 Å². The van der Waals surface area contributed by atoms with E-state index in [1.165, 1.54) is 17.2 Å². The summed E-state index contributed by atoms with van der Waals surface area (Å²) in [6.07, 6.45) is 1.30. The molecular formula is C25H22O. The van der Waals surface area contributed by atoms with E-state index in [0.29, 0.717) is 11.8 Å². The van der Waals surface area contributed by atoms with Gasteiger partial charge in [0.05, 0.1) is 0 Å². The van der Waals surface area contributed by atoms with Gasteiger partial charge in [-0.15, -0.1) is 0 Å². The molecule has 8 unspecified atom stereocenters. The SMILES string of the molecule is O=C1C2C3C4C1C1C2C2C5C(Cc6cccc7ccccc67)C(C32)C4C51. The van der Waals surface area contributed by atoms with Crippen LogP contribution in [0, 0.1) is 76.9 Å². The topological polar surface area (TPSA) is 17.1 Å². The number of benzene rings is 2. The molecule has 8 saturated carbocycles. The maximum atomic E-state index is 12.9.